The zero-order valence-corrected chi connectivity index (χ0v) is 28.1. The lowest BCUT2D eigenvalue weighted by atomic mass is 9.98. The van der Waals surface area contributed by atoms with Crippen LogP contribution in [0.1, 0.15) is 29.0 Å². The molecular formula is C45H29N3O2S. The van der Waals surface area contributed by atoms with Crippen molar-refractivity contribution in [1.29, 1.82) is 0 Å². The first kappa shape index (κ1) is 28.6. The SMILES string of the molecule is c1ccc(C2NC(c3cccc4c3oc3cc(-c5cccc6oc7ccccc7c56)ccc34)=NC(c3ccc4sc5ccccc5c4c3)N2)cc1. The summed E-state index contributed by atoms with van der Waals surface area (Å²) in [5.74, 6) is 0.794. The van der Waals surface area contributed by atoms with Crippen LogP contribution in [0.25, 0.3) is 75.2 Å². The minimum absolute atomic E-state index is 0.157. The van der Waals surface area contributed by atoms with Crippen molar-refractivity contribution in [2.75, 3.05) is 0 Å². The van der Waals surface area contributed by atoms with Gasteiger partial charge in [0.25, 0.3) is 0 Å². The Morgan fingerprint density at radius 2 is 1.27 bits per heavy atom. The van der Waals surface area contributed by atoms with Crippen molar-refractivity contribution in [3.05, 3.63) is 168 Å². The van der Waals surface area contributed by atoms with Gasteiger partial charge in [-0.1, -0.05) is 103 Å². The Morgan fingerprint density at radius 3 is 2.22 bits per heavy atom. The lowest BCUT2D eigenvalue weighted by Crippen LogP contribution is -2.45. The van der Waals surface area contributed by atoms with E-state index in [0.29, 0.717) is 0 Å². The van der Waals surface area contributed by atoms with Crippen LogP contribution in [0, 0.1) is 0 Å². The summed E-state index contributed by atoms with van der Waals surface area (Å²) < 4.78 is 15.6. The fourth-order valence-corrected chi connectivity index (χ4v) is 8.85. The van der Waals surface area contributed by atoms with Crippen molar-refractivity contribution >= 4 is 81.2 Å². The monoisotopic (exact) mass is 675 g/mol. The maximum absolute atomic E-state index is 6.79. The van der Waals surface area contributed by atoms with Crippen LogP contribution in [0.2, 0.25) is 0 Å². The van der Waals surface area contributed by atoms with E-state index in [1.165, 1.54) is 20.2 Å². The standard InChI is InChI=1S/C45H29N3O2S/c1-2-10-26(11-3-1)43-46-44(28-21-23-40-35(24-28)31-12-5-7-19-39(31)51-40)48-45(47-43)34-16-8-15-32-30-22-20-27(25-38(30)50-42(32)34)29-14-9-18-37-41(29)33-13-4-6-17-36(33)49-37/h1-25,43-44,46H,(H,47,48). The lowest BCUT2D eigenvalue weighted by Gasteiger charge is -2.32. The Labute approximate surface area is 296 Å². The highest BCUT2D eigenvalue weighted by molar-refractivity contribution is 7.25. The largest absolute Gasteiger partial charge is 0.456 e. The molecule has 11 rings (SSSR count). The summed E-state index contributed by atoms with van der Waals surface area (Å²) in [6.45, 7) is 0. The van der Waals surface area contributed by atoms with Crippen molar-refractivity contribution < 1.29 is 8.83 Å². The van der Waals surface area contributed by atoms with Gasteiger partial charge in [0.2, 0.25) is 0 Å². The first-order valence-corrected chi connectivity index (χ1v) is 18.0. The van der Waals surface area contributed by atoms with Crippen LogP contribution in [0.15, 0.2) is 165 Å². The Morgan fingerprint density at radius 1 is 0.510 bits per heavy atom. The highest BCUT2D eigenvalue weighted by atomic mass is 32.1. The fraction of sp³-hybridized carbons (Fsp3) is 0.0444. The molecule has 1 aliphatic rings. The van der Waals surface area contributed by atoms with Crippen LogP contribution >= 0.6 is 11.3 Å². The predicted octanol–water partition coefficient (Wildman–Crippen LogP) is 11.9. The molecule has 242 valence electrons. The maximum Gasteiger partial charge on any atom is 0.146 e. The van der Waals surface area contributed by atoms with Crippen molar-refractivity contribution in [1.82, 2.24) is 10.6 Å². The van der Waals surface area contributed by atoms with Gasteiger partial charge in [-0.25, -0.2) is 4.99 Å². The number of thiophene rings is 1. The molecule has 0 radical (unpaired) electrons. The average Bonchev–Trinajstić information content (AvgIpc) is 3.88. The molecule has 0 aliphatic carbocycles. The number of para-hydroxylation sites is 2. The maximum atomic E-state index is 6.79. The van der Waals surface area contributed by atoms with Crippen LogP contribution in [-0.4, -0.2) is 5.84 Å². The minimum Gasteiger partial charge on any atom is -0.456 e. The molecule has 51 heavy (non-hydrogen) atoms. The number of amidine groups is 1. The van der Waals surface area contributed by atoms with E-state index in [4.69, 9.17) is 13.8 Å². The van der Waals surface area contributed by atoms with E-state index < -0.39 is 0 Å². The predicted molar refractivity (Wildman–Crippen MR) is 210 cm³/mol. The number of aliphatic imine (C=N–C) groups is 1. The van der Waals surface area contributed by atoms with Crippen LogP contribution in [0.3, 0.4) is 0 Å². The quantitative estimate of drug-likeness (QED) is 0.195. The first-order chi connectivity index (χ1) is 25.2. The van der Waals surface area contributed by atoms with E-state index >= 15 is 0 Å². The molecule has 0 bridgehead atoms. The van der Waals surface area contributed by atoms with Crippen molar-refractivity contribution in [3.63, 3.8) is 0 Å². The lowest BCUT2D eigenvalue weighted by molar-refractivity contribution is 0.409. The van der Waals surface area contributed by atoms with Crippen molar-refractivity contribution in [2.24, 2.45) is 4.99 Å². The molecule has 2 atom stereocenters. The van der Waals surface area contributed by atoms with Gasteiger partial charge in [-0.3, -0.25) is 5.32 Å². The van der Waals surface area contributed by atoms with Crippen LogP contribution in [0.5, 0.6) is 0 Å². The number of hydrogen-bond acceptors (Lipinski definition) is 6. The van der Waals surface area contributed by atoms with Crippen molar-refractivity contribution in [3.8, 4) is 11.1 Å². The molecule has 0 saturated carbocycles. The van der Waals surface area contributed by atoms with Gasteiger partial charge >= 0.3 is 0 Å². The summed E-state index contributed by atoms with van der Waals surface area (Å²) in [6.07, 6.45) is -0.429. The third kappa shape index (κ3) is 4.54. The molecule has 1 aliphatic heterocycles. The molecule has 0 amide bonds. The molecule has 10 aromatic rings. The number of benzene rings is 7. The third-order valence-electron chi connectivity index (χ3n) is 10.2. The van der Waals surface area contributed by atoms with E-state index in [9.17, 15) is 0 Å². The summed E-state index contributed by atoms with van der Waals surface area (Å²) in [5.41, 5.74) is 8.81. The van der Waals surface area contributed by atoms with E-state index in [1.54, 1.807) is 0 Å². The van der Waals surface area contributed by atoms with E-state index in [-0.39, 0.29) is 12.3 Å². The average molecular weight is 676 g/mol. The van der Waals surface area contributed by atoms with Gasteiger partial charge in [0.15, 0.2) is 0 Å². The molecule has 4 heterocycles. The van der Waals surface area contributed by atoms with Crippen LogP contribution in [0.4, 0.5) is 0 Å². The summed E-state index contributed by atoms with van der Waals surface area (Å²) in [5, 5.41) is 14.4. The normalized spacial score (nSPS) is 16.4. The second-order valence-electron chi connectivity index (χ2n) is 13.2. The Kier molecular flexibility index (Phi) is 6.26. The molecule has 7 aromatic carbocycles. The number of fused-ring (bicyclic) bond motifs is 9. The van der Waals surface area contributed by atoms with Crippen LogP contribution in [-0.2, 0) is 0 Å². The van der Waals surface area contributed by atoms with Crippen LogP contribution < -0.4 is 10.6 Å². The number of nitrogens with one attached hydrogen (secondary N) is 2. The highest BCUT2D eigenvalue weighted by Crippen LogP contribution is 2.40. The fourth-order valence-electron chi connectivity index (χ4n) is 7.76. The van der Waals surface area contributed by atoms with Gasteiger partial charge in [0.1, 0.15) is 40.5 Å². The summed E-state index contributed by atoms with van der Waals surface area (Å²) in [4.78, 5) is 5.34. The molecule has 5 nitrogen and oxygen atoms in total. The van der Waals surface area contributed by atoms with E-state index in [2.05, 4.69) is 138 Å². The Hall–Kier alpha value is -6.21. The molecule has 2 N–H and O–H groups in total. The first-order valence-electron chi connectivity index (χ1n) is 17.2. The number of nitrogens with zero attached hydrogens (tertiary/aromatic N) is 1. The molecule has 6 heteroatoms. The van der Waals surface area contributed by atoms with Gasteiger partial charge in [0.05, 0.1) is 5.56 Å². The Bertz CT molecular complexity index is 3010. The zero-order valence-electron chi connectivity index (χ0n) is 27.3. The van der Waals surface area contributed by atoms with E-state index in [1.807, 2.05) is 35.6 Å². The smallest absolute Gasteiger partial charge is 0.146 e. The summed E-state index contributed by atoms with van der Waals surface area (Å²) in [6, 6.07) is 53.2. The van der Waals surface area contributed by atoms with Gasteiger partial charge in [0, 0.05) is 41.7 Å². The number of hydrogen-bond donors (Lipinski definition) is 2. The summed E-state index contributed by atoms with van der Waals surface area (Å²) >= 11 is 1.83. The van der Waals surface area contributed by atoms with Gasteiger partial charge < -0.3 is 14.2 Å². The van der Waals surface area contributed by atoms with Crippen molar-refractivity contribution in [2.45, 2.75) is 12.3 Å². The second kappa shape index (κ2) is 11.2. The highest BCUT2D eigenvalue weighted by Gasteiger charge is 2.28. The third-order valence-corrected chi connectivity index (χ3v) is 11.3. The molecule has 0 saturated heterocycles. The molecule has 0 spiro atoms. The summed E-state index contributed by atoms with van der Waals surface area (Å²) in [7, 11) is 0. The second-order valence-corrected chi connectivity index (χ2v) is 14.2. The molecule has 3 aromatic heterocycles. The zero-order chi connectivity index (χ0) is 33.5. The molecular weight excluding hydrogens is 647 g/mol. The number of furan rings is 2. The molecule has 2 unspecified atom stereocenters. The van der Waals surface area contributed by atoms with Gasteiger partial charge in [-0.2, -0.15) is 0 Å². The minimum atomic E-state index is -0.272. The van der Waals surface area contributed by atoms with E-state index in [0.717, 1.165) is 77.5 Å². The number of rotatable bonds is 4. The van der Waals surface area contributed by atoms with Gasteiger partial charge in [-0.05, 0) is 70.8 Å². The topological polar surface area (TPSA) is 62.7 Å². The molecule has 0 fully saturated rings. The Balaban J connectivity index is 1.06. The van der Waals surface area contributed by atoms with Gasteiger partial charge in [-0.15, -0.1) is 11.3 Å².